The fourth-order valence-electron chi connectivity index (χ4n) is 6.66. The van der Waals surface area contributed by atoms with Crippen LogP contribution in [0.1, 0.15) is 72.9 Å². The van der Waals surface area contributed by atoms with Gasteiger partial charge in [0.05, 0.1) is 6.61 Å². The van der Waals surface area contributed by atoms with Crippen LogP contribution in [0.2, 0.25) is 0 Å². The molecule has 4 rings (SSSR count). The van der Waals surface area contributed by atoms with Crippen molar-refractivity contribution in [3.63, 3.8) is 0 Å². The normalized spacial score (nSPS) is 20.9. The highest BCUT2D eigenvalue weighted by Crippen LogP contribution is 2.36. The molecule has 1 saturated carbocycles. The molecule has 2 unspecified atom stereocenters. The number of hydrogen-bond acceptors (Lipinski definition) is 5. The summed E-state index contributed by atoms with van der Waals surface area (Å²) < 4.78 is 5.63. The van der Waals surface area contributed by atoms with Crippen molar-refractivity contribution in [3.05, 3.63) is 59.2 Å². The molecule has 6 nitrogen and oxygen atoms in total. The van der Waals surface area contributed by atoms with E-state index >= 15 is 0 Å². The first-order valence-electron chi connectivity index (χ1n) is 14.8. The minimum atomic E-state index is -1.00. The minimum Gasteiger partial charge on any atom is -0.480 e. The molecule has 0 bridgehead atoms. The van der Waals surface area contributed by atoms with Crippen LogP contribution in [-0.2, 0) is 16.1 Å². The maximum atomic E-state index is 13.4. The molecule has 1 heterocycles. The van der Waals surface area contributed by atoms with Crippen LogP contribution in [0.5, 0.6) is 0 Å². The van der Waals surface area contributed by atoms with Gasteiger partial charge in [-0.1, -0.05) is 62.4 Å². The van der Waals surface area contributed by atoms with Gasteiger partial charge in [-0.25, -0.2) is 4.79 Å². The highest BCUT2D eigenvalue weighted by Gasteiger charge is 2.34. The molecular weight excluding hydrogens is 520 g/mol. The lowest BCUT2D eigenvalue weighted by Gasteiger charge is -2.25. The van der Waals surface area contributed by atoms with E-state index in [-0.39, 0.29) is 5.91 Å². The van der Waals surface area contributed by atoms with E-state index in [0.29, 0.717) is 29.7 Å². The Kier molecular flexibility index (Phi) is 11.5. The summed E-state index contributed by atoms with van der Waals surface area (Å²) in [4.78, 5) is 27.8. The number of hydrogen-bond donors (Lipinski definition) is 2. The molecule has 218 valence electrons. The lowest BCUT2D eigenvalue weighted by atomic mass is 9.82. The first kappa shape index (κ1) is 30.6. The van der Waals surface area contributed by atoms with E-state index in [1.54, 1.807) is 18.9 Å². The molecule has 0 spiro atoms. The van der Waals surface area contributed by atoms with Crippen molar-refractivity contribution in [1.82, 2.24) is 10.2 Å². The number of ether oxygens (including phenoxy) is 1. The fraction of sp³-hybridized carbons (Fsp3) is 0.576. The Balaban J connectivity index is 1.56. The van der Waals surface area contributed by atoms with Gasteiger partial charge in [-0.15, -0.1) is 0 Å². The van der Waals surface area contributed by atoms with Crippen LogP contribution in [0.4, 0.5) is 0 Å². The summed E-state index contributed by atoms with van der Waals surface area (Å²) in [5.74, 6) is 0.902. The maximum Gasteiger partial charge on any atom is 0.326 e. The van der Waals surface area contributed by atoms with E-state index in [9.17, 15) is 14.7 Å². The number of nitrogens with one attached hydrogen (secondary N) is 1. The molecule has 7 heteroatoms. The van der Waals surface area contributed by atoms with Crippen molar-refractivity contribution < 1.29 is 19.4 Å². The smallest absolute Gasteiger partial charge is 0.326 e. The van der Waals surface area contributed by atoms with Gasteiger partial charge in [-0.05, 0) is 84.4 Å². The van der Waals surface area contributed by atoms with Crippen molar-refractivity contribution in [2.24, 2.45) is 11.8 Å². The number of likely N-dealkylation sites (tertiary alicyclic amines) is 1. The summed E-state index contributed by atoms with van der Waals surface area (Å²) in [6, 6.07) is 13.6. The number of carboxylic acids is 1. The van der Waals surface area contributed by atoms with Crippen LogP contribution in [0.25, 0.3) is 11.1 Å². The predicted octanol–water partition coefficient (Wildman–Crippen LogP) is 6.41. The van der Waals surface area contributed by atoms with Crippen LogP contribution in [0.15, 0.2) is 42.5 Å². The highest BCUT2D eigenvalue weighted by atomic mass is 32.2. The van der Waals surface area contributed by atoms with E-state index in [1.807, 2.05) is 49.6 Å². The van der Waals surface area contributed by atoms with E-state index in [0.717, 1.165) is 47.9 Å². The summed E-state index contributed by atoms with van der Waals surface area (Å²) in [6.07, 6.45) is 11.8. The molecule has 1 amide bonds. The Labute approximate surface area is 244 Å². The number of carbonyl (C=O) groups is 2. The molecule has 2 aromatic carbocycles. The first-order chi connectivity index (χ1) is 19.4. The van der Waals surface area contributed by atoms with E-state index in [1.165, 1.54) is 44.9 Å². The molecule has 2 fully saturated rings. The SMILES string of the molecule is COC[C@@H]1CC(CC2CCCCC2)CN1Cc1ccc(C(=O)NC(CCSC)C(=O)O)c(-c2ccccc2C)c1. The molecule has 0 aromatic heterocycles. The number of amides is 1. The van der Waals surface area contributed by atoms with Crippen LogP contribution < -0.4 is 5.32 Å². The number of aryl methyl sites for hydroxylation is 1. The lowest BCUT2D eigenvalue weighted by Crippen LogP contribution is -2.41. The third-order valence-electron chi connectivity index (χ3n) is 8.73. The van der Waals surface area contributed by atoms with Gasteiger partial charge in [0, 0.05) is 31.8 Å². The summed E-state index contributed by atoms with van der Waals surface area (Å²) >= 11 is 1.57. The summed E-state index contributed by atoms with van der Waals surface area (Å²) in [5.41, 5.74) is 4.60. The van der Waals surface area contributed by atoms with Gasteiger partial charge in [0.1, 0.15) is 6.04 Å². The lowest BCUT2D eigenvalue weighted by molar-refractivity contribution is -0.139. The van der Waals surface area contributed by atoms with Gasteiger partial charge < -0.3 is 15.2 Å². The Morgan fingerprint density at radius 2 is 1.88 bits per heavy atom. The number of methoxy groups -OCH3 is 1. The maximum absolute atomic E-state index is 13.4. The van der Waals surface area contributed by atoms with Crippen LogP contribution in [0.3, 0.4) is 0 Å². The number of carboxylic acid groups (broad SMARTS) is 1. The monoisotopic (exact) mass is 566 g/mol. The van der Waals surface area contributed by atoms with Crippen LogP contribution in [-0.4, -0.2) is 66.2 Å². The highest BCUT2D eigenvalue weighted by molar-refractivity contribution is 7.98. The standard InChI is InChI=1S/C33H46N2O4S/c1-23-9-7-8-12-28(23)30-19-25(13-14-29(30)32(36)34-31(33(37)38)15-16-40-3)20-35-21-26(18-27(35)22-39-2)17-24-10-5-4-6-11-24/h7-9,12-14,19,24,26-27,31H,4-6,10-11,15-18,20-22H2,1-3H3,(H,34,36)(H,37,38)/t26?,27-,31?/m0/s1. The minimum absolute atomic E-state index is 0.343. The van der Waals surface area contributed by atoms with Crippen LogP contribution in [0, 0.1) is 18.8 Å². The number of rotatable bonds is 13. The Hall–Kier alpha value is -2.35. The third kappa shape index (κ3) is 8.11. The van der Waals surface area contributed by atoms with E-state index in [2.05, 4.69) is 16.3 Å². The van der Waals surface area contributed by atoms with E-state index < -0.39 is 12.0 Å². The zero-order chi connectivity index (χ0) is 28.5. The molecule has 1 saturated heterocycles. The van der Waals surface area contributed by atoms with Gasteiger partial charge in [-0.3, -0.25) is 9.69 Å². The molecule has 0 radical (unpaired) electrons. The number of benzene rings is 2. The molecule has 2 aromatic rings. The van der Waals surface area contributed by atoms with Crippen molar-refractivity contribution in [2.45, 2.75) is 76.9 Å². The molecule has 2 aliphatic rings. The number of nitrogens with zero attached hydrogens (tertiary/aromatic N) is 1. The topological polar surface area (TPSA) is 78.9 Å². The predicted molar refractivity (Wildman–Crippen MR) is 164 cm³/mol. The zero-order valence-electron chi connectivity index (χ0n) is 24.4. The zero-order valence-corrected chi connectivity index (χ0v) is 25.2. The van der Waals surface area contributed by atoms with Gasteiger partial charge in [0.25, 0.3) is 5.91 Å². The second kappa shape index (κ2) is 15.0. The Morgan fingerprint density at radius 3 is 2.58 bits per heavy atom. The van der Waals surface area contributed by atoms with E-state index in [4.69, 9.17) is 4.74 Å². The van der Waals surface area contributed by atoms with Crippen molar-refractivity contribution >= 4 is 23.6 Å². The second-order valence-electron chi connectivity index (χ2n) is 11.7. The molecule has 40 heavy (non-hydrogen) atoms. The van der Waals surface area contributed by atoms with Gasteiger partial charge in [-0.2, -0.15) is 11.8 Å². The largest absolute Gasteiger partial charge is 0.480 e. The molecular formula is C33H46N2O4S. The second-order valence-corrected chi connectivity index (χ2v) is 12.7. The molecule has 1 aliphatic carbocycles. The number of carbonyl (C=O) groups excluding carboxylic acids is 1. The quantitative estimate of drug-likeness (QED) is 0.292. The van der Waals surface area contributed by atoms with Crippen LogP contribution >= 0.6 is 11.8 Å². The number of aliphatic carboxylic acids is 1. The van der Waals surface area contributed by atoms with Gasteiger partial charge in [0.2, 0.25) is 0 Å². The average Bonchev–Trinajstić information content (AvgIpc) is 3.31. The van der Waals surface area contributed by atoms with Crippen molar-refractivity contribution in [2.75, 3.05) is 32.3 Å². The van der Waals surface area contributed by atoms with Crippen molar-refractivity contribution in [1.29, 1.82) is 0 Å². The van der Waals surface area contributed by atoms with Gasteiger partial charge in [0.15, 0.2) is 0 Å². The van der Waals surface area contributed by atoms with Crippen molar-refractivity contribution in [3.8, 4) is 11.1 Å². The Morgan fingerprint density at radius 1 is 1.10 bits per heavy atom. The molecule has 3 atom stereocenters. The summed E-state index contributed by atoms with van der Waals surface area (Å²) in [7, 11) is 1.79. The fourth-order valence-corrected chi connectivity index (χ4v) is 7.13. The summed E-state index contributed by atoms with van der Waals surface area (Å²) in [6.45, 7) is 4.68. The average molecular weight is 567 g/mol. The first-order valence-corrected chi connectivity index (χ1v) is 16.2. The molecule has 1 aliphatic heterocycles. The Bertz CT molecular complexity index is 1130. The molecule has 2 N–H and O–H groups in total. The van der Waals surface area contributed by atoms with Gasteiger partial charge >= 0.3 is 5.97 Å². The number of thioether (sulfide) groups is 1. The third-order valence-corrected chi connectivity index (χ3v) is 9.37. The summed E-state index contributed by atoms with van der Waals surface area (Å²) in [5, 5.41) is 12.5.